The summed E-state index contributed by atoms with van der Waals surface area (Å²) in [6.07, 6.45) is 11.4. The van der Waals surface area contributed by atoms with Crippen LogP contribution in [0.15, 0.2) is 0 Å². The number of nitrogens with zero attached hydrogens (tertiary/aromatic N) is 1. The second-order valence-electron chi connectivity index (χ2n) is 5.22. The van der Waals surface area contributed by atoms with Gasteiger partial charge in [-0.25, -0.2) is 0 Å². The molecule has 0 spiro atoms. The van der Waals surface area contributed by atoms with Crippen molar-refractivity contribution >= 4 is 11.9 Å². The van der Waals surface area contributed by atoms with Crippen LogP contribution in [-0.4, -0.2) is 35.5 Å². The van der Waals surface area contributed by atoms with E-state index in [0.717, 1.165) is 12.8 Å². The first-order valence-corrected chi connectivity index (χ1v) is 7.53. The van der Waals surface area contributed by atoms with Crippen molar-refractivity contribution in [1.82, 2.24) is 4.90 Å². The van der Waals surface area contributed by atoms with E-state index in [1.165, 1.54) is 49.8 Å². The van der Waals surface area contributed by atoms with Crippen LogP contribution >= 0.6 is 0 Å². The van der Waals surface area contributed by atoms with Crippen LogP contribution in [0.4, 0.5) is 0 Å². The third-order valence-electron chi connectivity index (χ3n) is 3.29. The average molecular weight is 294 g/mol. The van der Waals surface area contributed by atoms with Crippen molar-refractivity contribution in [2.24, 2.45) is 0 Å². The molecule has 112 valence electrons. The molecule has 0 heterocycles. The molecule has 0 bridgehead atoms. The number of carbonyl (C=O) groups excluding carboxylic acids is 1. The van der Waals surface area contributed by atoms with Gasteiger partial charge in [-0.15, -0.1) is 0 Å². The number of carbonyl (C=O) groups is 2. The molecule has 1 N–H and O–H groups in total. The van der Waals surface area contributed by atoms with Gasteiger partial charge in [0.15, 0.2) is 0 Å². The molecule has 0 radical (unpaired) electrons. The summed E-state index contributed by atoms with van der Waals surface area (Å²) in [6.45, 7) is 2.02. The second-order valence-corrected chi connectivity index (χ2v) is 5.22. The van der Waals surface area contributed by atoms with Crippen LogP contribution in [0.25, 0.3) is 0 Å². The van der Waals surface area contributed by atoms with Gasteiger partial charge in [-0.1, -0.05) is 58.3 Å². The van der Waals surface area contributed by atoms with Gasteiger partial charge in [0.1, 0.15) is 6.54 Å². The summed E-state index contributed by atoms with van der Waals surface area (Å²) in [4.78, 5) is 23.3. The van der Waals surface area contributed by atoms with Crippen molar-refractivity contribution < 1.29 is 44.3 Å². The number of rotatable bonds is 12. The molecule has 0 saturated heterocycles. The van der Waals surface area contributed by atoms with E-state index in [9.17, 15) is 9.59 Å². The molecular weight excluding hydrogens is 265 g/mol. The molecule has 0 rings (SSSR count). The molecule has 0 atom stereocenters. The van der Waals surface area contributed by atoms with E-state index in [2.05, 4.69) is 6.92 Å². The fraction of sp³-hybridized carbons (Fsp3) is 0.867. The van der Waals surface area contributed by atoms with Crippen molar-refractivity contribution in [1.29, 1.82) is 0 Å². The van der Waals surface area contributed by atoms with E-state index in [1.54, 1.807) is 7.05 Å². The van der Waals surface area contributed by atoms with E-state index in [-0.39, 0.29) is 42.0 Å². The minimum absolute atomic E-state index is 0. The molecule has 4 nitrogen and oxygen atoms in total. The van der Waals surface area contributed by atoms with Crippen molar-refractivity contribution in [3.8, 4) is 0 Å². The zero-order valence-corrected chi connectivity index (χ0v) is 15.5. The van der Waals surface area contributed by atoms with E-state index in [4.69, 9.17) is 5.11 Å². The molecule has 0 saturated carbocycles. The van der Waals surface area contributed by atoms with Crippen LogP contribution in [0, 0.1) is 0 Å². The first-order chi connectivity index (χ1) is 9.07. The Labute approximate surface area is 145 Å². The molecule has 0 aromatic rings. The smallest absolute Gasteiger partial charge is 0.480 e. The summed E-state index contributed by atoms with van der Waals surface area (Å²) in [5.74, 6) is -1.02. The molecular formula is C15H29NNaO3+. The summed E-state index contributed by atoms with van der Waals surface area (Å²) in [6, 6.07) is 0. The Morgan fingerprint density at radius 3 is 1.80 bits per heavy atom. The van der Waals surface area contributed by atoms with E-state index in [0.29, 0.717) is 6.42 Å². The van der Waals surface area contributed by atoms with Crippen LogP contribution in [-0.2, 0) is 9.59 Å². The van der Waals surface area contributed by atoms with Crippen LogP contribution in [0.1, 0.15) is 71.1 Å². The maximum Gasteiger partial charge on any atom is 1.00 e. The summed E-state index contributed by atoms with van der Waals surface area (Å²) < 4.78 is 0. The number of hydrogen-bond acceptors (Lipinski definition) is 2. The number of amides is 1. The van der Waals surface area contributed by atoms with Crippen LogP contribution in [0.2, 0.25) is 0 Å². The van der Waals surface area contributed by atoms with Crippen molar-refractivity contribution in [2.45, 2.75) is 71.1 Å². The predicted molar refractivity (Wildman–Crippen MR) is 77.1 cm³/mol. The zero-order valence-electron chi connectivity index (χ0n) is 13.5. The third-order valence-corrected chi connectivity index (χ3v) is 3.29. The van der Waals surface area contributed by atoms with E-state index >= 15 is 0 Å². The maximum absolute atomic E-state index is 11.5. The number of carboxylic acids is 1. The fourth-order valence-corrected chi connectivity index (χ4v) is 2.07. The minimum Gasteiger partial charge on any atom is -0.480 e. The minimum atomic E-state index is -0.956. The summed E-state index contributed by atoms with van der Waals surface area (Å²) in [5, 5.41) is 8.57. The van der Waals surface area contributed by atoms with Gasteiger partial charge in [-0.05, 0) is 6.42 Å². The molecule has 0 aliphatic carbocycles. The molecule has 20 heavy (non-hydrogen) atoms. The van der Waals surface area contributed by atoms with Crippen molar-refractivity contribution in [3.63, 3.8) is 0 Å². The number of hydrogen-bond donors (Lipinski definition) is 1. The SMILES string of the molecule is CCCCCCCCCCCC(=O)N(C)CC(=O)O.[Na+]. The summed E-state index contributed by atoms with van der Waals surface area (Å²) in [5.41, 5.74) is 0. The topological polar surface area (TPSA) is 57.6 Å². The normalized spacial score (nSPS) is 9.90. The first kappa shape index (κ1) is 22.2. The number of unbranched alkanes of at least 4 members (excludes halogenated alkanes) is 8. The molecule has 0 fully saturated rings. The maximum atomic E-state index is 11.5. The van der Waals surface area contributed by atoms with Crippen LogP contribution < -0.4 is 29.6 Å². The van der Waals surface area contributed by atoms with Crippen molar-refractivity contribution in [3.05, 3.63) is 0 Å². The zero-order chi connectivity index (χ0) is 14.5. The largest absolute Gasteiger partial charge is 1.00 e. The molecule has 0 aliphatic rings. The Bertz CT molecular complexity index is 260. The van der Waals surface area contributed by atoms with Crippen LogP contribution in [0.3, 0.4) is 0 Å². The molecule has 0 aliphatic heterocycles. The predicted octanol–water partition coefficient (Wildman–Crippen LogP) is 0.454. The van der Waals surface area contributed by atoms with Gasteiger partial charge < -0.3 is 10.0 Å². The Hall–Kier alpha value is -0.0600. The molecule has 0 unspecified atom stereocenters. The second kappa shape index (κ2) is 15.3. The fourth-order valence-electron chi connectivity index (χ4n) is 2.07. The van der Waals surface area contributed by atoms with Gasteiger partial charge >= 0.3 is 35.5 Å². The average Bonchev–Trinajstić information content (AvgIpc) is 2.35. The Morgan fingerprint density at radius 2 is 1.35 bits per heavy atom. The molecule has 0 aromatic heterocycles. The molecule has 5 heteroatoms. The van der Waals surface area contributed by atoms with Crippen molar-refractivity contribution in [2.75, 3.05) is 13.6 Å². The monoisotopic (exact) mass is 294 g/mol. The number of likely N-dealkylation sites (N-methyl/N-ethyl adjacent to an activating group) is 1. The molecule has 0 aromatic carbocycles. The van der Waals surface area contributed by atoms with Gasteiger partial charge in [0, 0.05) is 13.5 Å². The van der Waals surface area contributed by atoms with E-state index in [1.807, 2.05) is 0 Å². The summed E-state index contributed by atoms with van der Waals surface area (Å²) >= 11 is 0. The van der Waals surface area contributed by atoms with E-state index < -0.39 is 5.97 Å². The van der Waals surface area contributed by atoms with Gasteiger partial charge in [0.05, 0.1) is 0 Å². The van der Waals surface area contributed by atoms with Gasteiger partial charge in [0.25, 0.3) is 0 Å². The quantitative estimate of drug-likeness (QED) is 0.420. The third kappa shape index (κ3) is 14.4. The van der Waals surface area contributed by atoms with Gasteiger partial charge in [0.2, 0.25) is 5.91 Å². The molecule has 1 amide bonds. The summed E-state index contributed by atoms with van der Waals surface area (Å²) in [7, 11) is 1.55. The standard InChI is InChI=1S/C15H29NO3.Na/c1-3-4-5-6-7-8-9-10-11-12-14(17)16(2)13-15(18)19;/h3-13H2,1-2H3,(H,18,19);/q;+1. The Kier molecular flexibility index (Phi) is 17.0. The van der Waals surface area contributed by atoms with Gasteiger partial charge in [-0.3, -0.25) is 9.59 Å². The Balaban J connectivity index is 0. The Morgan fingerprint density at radius 1 is 0.900 bits per heavy atom. The first-order valence-electron chi connectivity index (χ1n) is 7.53. The number of aliphatic carboxylic acids is 1. The van der Waals surface area contributed by atoms with Gasteiger partial charge in [-0.2, -0.15) is 0 Å². The van der Waals surface area contributed by atoms with Crippen LogP contribution in [0.5, 0.6) is 0 Å². The number of carboxylic acid groups (broad SMARTS) is 1.